The molecule has 7 nitrogen and oxygen atoms in total. The Labute approximate surface area is 224 Å². The summed E-state index contributed by atoms with van der Waals surface area (Å²) in [6, 6.07) is 8.63. The summed E-state index contributed by atoms with van der Waals surface area (Å²) < 4.78 is 59.5. The molecule has 3 aromatic rings. The van der Waals surface area contributed by atoms with Crippen LogP contribution >= 0.6 is 0 Å². The molecule has 2 aliphatic rings. The predicted molar refractivity (Wildman–Crippen MR) is 139 cm³/mol. The van der Waals surface area contributed by atoms with Crippen LogP contribution < -0.4 is 10.1 Å². The van der Waals surface area contributed by atoms with Crippen LogP contribution in [0.3, 0.4) is 0 Å². The molecule has 1 saturated carbocycles. The Kier molecular flexibility index (Phi) is 7.80. The number of alkyl halides is 4. The Morgan fingerprint density at radius 3 is 2.69 bits per heavy atom. The van der Waals surface area contributed by atoms with Gasteiger partial charge >= 0.3 is 6.18 Å². The lowest BCUT2D eigenvalue weighted by Gasteiger charge is -2.35. The third-order valence-electron chi connectivity index (χ3n) is 7.77. The summed E-state index contributed by atoms with van der Waals surface area (Å²) in [5, 5.41) is 8.39. The number of carbonyl (C=O) groups is 1. The van der Waals surface area contributed by atoms with Gasteiger partial charge in [0.2, 0.25) is 5.88 Å². The Balaban J connectivity index is 1.07. The van der Waals surface area contributed by atoms with Crippen LogP contribution in [0, 0.1) is 0 Å². The van der Waals surface area contributed by atoms with Gasteiger partial charge in [-0.1, -0.05) is 12.1 Å². The van der Waals surface area contributed by atoms with E-state index in [4.69, 9.17) is 4.74 Å². The highest BCUT2D eigenvalue weighted by Crippen LogP contribution is 2.35. The molecule has 0 saturated heterocycles. The van der Waals surface area contributed by atoms with Gasteiger partial charge in [-0.15, -0.1) is 0 Å². The van der Waals surface area contributed by atoms with E-state index in [-0.39, 0.29) is 17.8 Å². The Bertz CT molecular complexity index is 1320. The van der Waals surface area contributed by atoms with Crippen molar-refractivity contribution in [3.8, 4) is 5.88 Å². The van der Waals surface area contributed by atoms with Crippen molar-refractivity contribution in [2.75, 3.05) is 26.2 Å². The zero-order chi connectivity index (χ0) is 27.6. The van der Waals surface area contributed by atoms with E-state index >= 15 is 4.39 Å². The van der Waals surface area contributed by atoms with Crippen LogP contribution in [0.4, 0.5) is 17.6 Å². The summed E-state index contributed by atoms with van der Waals surface area (Å²) in [5.41, 5.74) is 1.77. The molecule has 1 aliphatic heterocycles. The fraction of sp³-hybridized carbons (Fsp3) is 0.536. The van der Waals surface area contributed by atoms with E-state index < -0.39 is 18.5 Å². The van der Waals surface area contributed by atoms with Gasteiger partial charge in [0.05, 0.1) is 5.52 Å². The number of aromatic nitrogens is 3. The van der Waals surface area contributed by atoms with E-state index in [9.17, 15) is 18.0 Å². The summed E-state index contributed by atoms with van der Waals surface area (Å²) in [6.07, 6.45) is 1.15. The second-order valence-electron chi connectivity index (χ2n) is 10.7. The maximum Gasteiger partial charge on any atom is 0.422 e. The van der Waals surface area contributed by atoms with Crippen molar-refractivity contribution in [1.82, 2.24) is 25.0 Å². The zero-order valence-corrected chi connectivity index (χ0v) is 21.9. The molecule has 5 rings (SSSR count). The van der Waals surface area contributed by atoms with Crippen LogP contribution in [0.15, 0.2) is 36.5 Å². The number of aryl methyl sites for hydroxylation is 1. The van der Waals surface area contributed by atoms with E-state index in [1.54, 1.807) is 22.9 Å². The number of nitrogens with one attached hydrogen (secondary N) is 1. The van der Waals surface area contributed by atoms with Gasteiger partial charge in [0.25, 0.3) is 5.91 Å². The predicted octanol–water partition coefficient (Wildman–Crippen LogP) is 4.78. The second-order valence-corrected chi connectivity index (χ2v) is 10.7. The van der Waals surface area contributed by atoms with Crippen LogP contribution in [0.25, 0.3) is 10.9 Å². The number of carbonyl (C=O) groups excluding carboxylic acids is 1. The minimum atomic E-state index is -4.41. The zero-order valence-electron chi connectivity index (χ0n) is 21.9. The van der Waals surface area contributed by atoms with Crippen molar-refractivity contribution in [2.24, 2.45) is 7.05 Å². The van der Waals surface area contributed by atoms with Crippen LogP contribution in [-0.2, 0) is 19.9 Å². The third kappa shape index (κ3) is 7.06. The summed E-state index contributed by atoms with van der Waals surface area (Å²) >= 11 is 0. The lowest BCUT2D eigenvalue weighted by Crippen LogP contribution is -2.43. The van der Waals surface area contributed by atoms with Gasteiger partial charge in [-0.25, -0.2) is 9.37 Å². The minimum Gasteiger partial charge on any atom is -0.468 e. The average molecular weight is 548 g/mol. The first-order chi connectivity index (χ1) is 18.6. The Morgan fingerprint density at radius 1 is 1.15 bits per heavy atom. The van der Waals surface area contributed by atoms with E-state index in [0.29, 0.717) is 63.6 Å². The molecule has 0 bridgehead atoms. The monoisotopic (exact) mass is 547 g/mol. The van der Waals surface area contributed by atoms with Crippen molar-refractivity contribution < 1.29 is 27.1 Å². The van der Waals surface area contributed by atoms with Gasteiger partial charge in [0.1, 0.15) is 5.67 Å². The molecule has 0 radical (unpaired) electrons. The maximum atomic E-state index is 15.7. The molecule has 1 aromatic carbocycles. The summed E-state index contributed by atoms with van der Waals surface area (Å²) in [6.45, 7) is 0.642. The lowest BCUT2D eigenvalue weighted by atomic mass is 9.81. The number of ether oxygens (including phenoxy) is 1. The molecule has 39 heavy (non-hydrogen) atoms. The van der Waals surface area contributed by atoms with Crippen molar-refractivity contribution in [3.63, 3.8) is 0 Å². The van der Waals surface area contributed by atoms with Gasteiger partial charge in [-0.2, -0.15) is 18.3 Å². The molecule has 1 aliphatic carbocycles. The number of nitrogens with zero attached hydrogens (tertiary/aromatic N) is 4. The largest absolute Gasteiger partial charge is 0.468 e. The average Bonchev–Trinajstić information content (AvgIpc) is 3.15. The number of fused-ring (bicyclic) bond motifs is 2. The van der Waals surface area contributed by atoms with Crippen molar-refractivity contribution >= 4 is 16.8 Å². The molecule has 1 N–H and O–H groups in total. The number of amides is 1. The van der Waals surface area contributed by atoms with Crippen molar-refractivity contribution in [1.29, 1.82) is 0 Å². The number of rotatable bonds is 7. The first kappa shape index (κ1) is 27.4. The quantitative estimate of drug-likeness (QED) is 0.431. The number of halogens is 4. The van der Waals surface area contributed by atoms with Gasteiger partial charge in [-0.3, -0.25) is 9.48 Å². The SMILES string of the molecule is Cn1cc2ccc(C(=O)NC3CCC(F)(CCN4CCc5ccc(OCC(F)(F)F)nc5CC4)CC3)cc2n1. The Hall–Kier alpha value is -3.21. The first-order valence-corrected chi connectivity index (χ1v) is 13.4. The first-order valence-electron chi connectivity index (χ1n) is 13.4. The highest BCUT2D eigenvalue weighted by Gasteiger charge is 2.36. The van der Waals surface area contributed by atoms with E-state index in [2.05, 4.69) is 20.3 Å². The van der Waals surface area contributed by atoms with Crippen LogP contribution in [0.1, 0.15) is 53.7 Å². The highest BCUT2D eigenvalue weighted by atomic mass is 19.4. The molecule has 1 fully saturated rings. The molecule has 210 valence electrons. The highest BCUT2D eigenvalue weighted by molar-refractivity contribution is 5.97. The van der Waals surface area contributed by atoms with E-state index in [0.717, 1.165) is 28.7 Å². The lowest BCUT2D eigenvalue weighted by molar-refractivity contribution is -0.154. The maximum absolute atomic E-state index is 15.7. The fourth-order valence-electron chi connectivity index (χ4n) is 5.51. The van der Waals surface area contributed by atoms with Crippen molar-refractivity contribution in [2.45, 2.75) is 62.8 Å². The summed E-state index contributed by atoms with van der Waals surface area (Å²) in [7, 11) is 1.84. The smallest absolute Gasteiger partial charge is 0.422 e. The molecule has 0 atom stereocenters. The third-order valence-corrected chi connectivity index (χ3v) is 7.77. The topological polar surface area (TPSA) is 72.3 Å². The Morgan fingerprint density at radius 2 is 1.92 bits per heavy atom. The molecular weight excluding hydrogens is 514 g/mol. The number of benzene rings is 1. The molecule has 0 unspecified atom stereocenters. The van der Waals surface area contributed by atoms with Crippen LogP contribution in [-0.4, -0.2) is 69.7 Å². The normalized spacial score (nSPS) is 22.3. The number of pyridine rings is 1. The van der Waals surface area contributed by atoms with Crippen LogP contribution in [0.5, 0.6) is 5.88 Å². The van der Waals surface area contributed by atoms with E-state index in [1.165, 1.54) is 6.07 Å². The minimum absolute atomic E-state index is 0.0247. The van der Waals surface area contributed by atoms with Gasteiger partial charge in [-0.05, 0) is 56.2 Å². The summed E-state index contributed by atoms with van der Waals surface area (Å²) in [4.78, 5) is 19.3. The van der Waals surface area contributed by atoms with Crippen LogP contribution in [0.2, 0.25) is 0 Å². The van der Waals surface area contributed by atoms with Gasteiger partial charge < -0.3 is 15.0 Å². The molecule has 3 heterocycles. The molecule has 1 amide bonds. The fourth-order valence-corrected chi connectivity index (χ4v) is 5.51. The van der Waals surface area contributed by atoms with E-state index in [1.807, 2.05) is 19.3 Å². The second kappa shape index (κ2) is 11.1. The van der Waals surface area contributed by atoms with Gasteiger partial charge in [0, 0.05) is 68.1 Å². The molecule has 0 spiro atoms. The number of hydrogen-bond acceptors (Lipinski definition) is 5. The molecule has 11 heteroatoms. The van der Waals surface area contributed by atoms with Gasteiger partial charge in [0.15, 0.2) is 6.61 Å². The number of hydrogen-bond donors (Lipinski definition) is 1. The summed E-state index contributed by atoms with van der Waals surface area (Å²) in [5.74, 6) is -0.188. The molecule has 2 aromatic heterocycles. The van der Waals surface area contributed by atoms with Crippen molar-refractivity contribution in [3.05, 3.63) is 53.3 Å². The molecular formula is C28H33F4N5O2. The standard InChI is InChI=1S/C28H33F4N5O2/c1-36-17-21-3-2-20(16-24(21)35-36)26(38)33-22-6-10-27(29,11-7-22)12-15-37-13-8-19-4-5-25(34-23(19)9-14-37)39-18-28(30,31)32/h2-5,16-17,22H,6-15,18H2,1H3,(H,33,38).